The first-order chi connectivity index (χ1) is 15.1. The first-order valence-corrected chi connectivity index (χ1v) is 11.3. The van der Waals surface area contributed by atoms with Crippen LogP contribution in [0.5, 0.6) is 5.75 Å². The minimum absolute atomic E-state index is 0.273. The molecule has 2 heterocycles. The highest BCUT2D eigenvalue weighted by Crippen LogP contribution is 2.47. The molecule has 0 bridgehead atoms. The van der Waals surface area contributed by atoms with E-state index in [1.54, 1.807) is 0 Å². The van der Waals surface area contributed by atoms with Gasteiger partial charge in [0, 0.05) is 9.79 Å². The molecule has 0 saturated carbocycles. The zero-order valence-corrected chi connectivity index (χ0v) is 18.2. The summed E-state index contributed by atoms with van der Waals surface area (Å²) in [6.45, 7) is 4.79. The SMILES string of the molecule is C=C1SC(=O)NC1=O.c1ccc(OCCN2c3ccccc3Sc3ccccc32)cc1. The van der Waals surface area contributed by atoms with Gasteiger partial charge >= 0.3 is 0 Å². The summed E-state index contributed by atoms with van der Waals surface area (Å²) in [6.07, 6.45) is 0. The molecule has 0 aromatic heterocycles. The Bertz CT molecular complexity index is 1060. The number of rotatable bonds is 4. The van der Waals surface area contributed by atoms with Crippen LogP contribution in [0.2, 0.25) is 0 Å². The van der Waals surface area contributed by atoms with Crippen LogP contribution in [0.3, 0.4) is 0 Å². The van der Waals surface area contributed by atoms with E-state index in [9.17, 15) is 9.59 Å². The maximum Gasteiger partial charge on any atom is 0.290 e. The highest BCUT2D eigenvalue weighted by molar-refractivity contribution is 8.18. The van der Waals surface area contributed by atoms with E-state index < -0.39 is 0 Å². The molecule has 3 aromatic carbocycles. The summed E-state index contributed by atoms with van der Waals surface area (Å²) in [4.78, 5) is 25.8. The number of amides is 2. The molecule has 0 unspecified atom stereocenters. The number of anilines is 2. The van der Waals surface area contributed by atoms with Crippen LogP contribution in [0.1, 0.15) is 0 Å². The van der Waals surface area contributed by atoms with Crippen LogP contribution in [0.15, 0.2) is 100 Å². The average Bonchev–Trinajstić information content (AvgIpc) is 3.09. The van der Waals surface area contributed by atoms with Crippen molar-refractivity contribution in [1.29, 1.82) is 0 Å². The van der Waals surface area contributed by atoms with Gasteiger partial charge in [-0.25, -0.2) is 0 Å². The van der Waals surface area contributed by atoms with E-state index in [0.717, 1.165) is 24.1 Å². The fourth-order valence-electron chi connectivity index (χ4n) is 3.14. The molecule has 0 radical (unpaired) electrons. The summed E-state index contributed by atoms with van der Waals surface area (Å²) >= 11 is 2.67. The molecule has 156 valence electrons. The number of nitrogens with one attached hydrogen (secondary N) is 1. The van der Waals surface area contributed by atoms with Gasteiger partial charge in [-0.3, -0.25) is 14.9 Å². The lowest BCUT2D eigenvalue weighted by atomic mass is 10.2. The zero-order chi connectivity index (χ0) is 21.6. The molecule has 7 heteroatoms. The molecule has 0 spiro atoms. The van der Waals surface area contributed by atoms with Crippen LogP contribution in [0, 0.1) is 0 Å². The van der Waals surface area contributed by atoms with E-state index in [0.29, 0.717) is 6.61 Å². The summed E-state index contributed by atoms with van der Waals surface area (Å²) < 4.78 is 5.89. The quantitative estimate of drug-likeness (QED) is 0.505. The topological polar surface area (TPSA) is 58.6 Å². The number of carbonyl (C=O) groups excluding carboxylic acids is 2. The fourth-order valence-corrected chi connectivity index (χ4v) is 4.75. The molecule has 0 aliphatic carbocycles. The Balaban J connectivity index is 0.000000245. The van der Waals surface area contributed by atoms with Gasteiger partial charge in [-0.05, 0) is 48.2 Å². The average molecular weight is 449 g/mol. The van der Waals surface area contributed by atoms with Crippen molar-refractivity contribution in [2.24, 2.45) is 0 Å². The van der Waals surface area contributed by atoms with Gasteiger partial charge in [-0.2, -0.15) is 0 Å². The maximum atomic E-state index is 10.3. The largest absolute Gasteiger partial charge is 0.492 e. The van der Waals surface area contributed by atoms with Crippen LogP contribution < -0.4 is 15.0 Å². The Morgan fingerprint density at radius 2 is 1.39 bits per heavy atom. The number of ether oxygens (including phenoxy) is 1. The monoisotopic (exact) mass is 448 g/mol. The number of benzene rings is 3. The van der Waals surface area contributed by atoms with Gasteiger partial charge in [0.1, 0.15) is 12.4 Å². The summed E-state index contributed by atoms with van der Waals surface area (Å²) in [5.41, 5.74) is 2.51. The molecule has 1 saturated heterocycles. The lowest BCUT2D eigenvalue weighted by molar-refractivity contribution is -0.115. The standard InChI is InChI=1S/C20H17NOS.C4H3NO2S/c1-2-8-16(9-3-1)22-15-14-21-17-10-4-6-12-19(17)23-20-13-7-5-11-18(20)21;1-2-3(6)5-4(7)8-2/h1-13H,14-15H2;1H2,(H,5,6,7). The minimum atomic E-state index is -0.375. The van der Waals surface area contributed by atoms with Gasteiger partial charge in [0.15, 0.2) is 0 Å². The van der Waals surface area contributed by atoms with Crippen molar-refractivity contribution in [1.82, 2.24) is 5.32 Å². The molecule has 1 N–H and O–H groups in total. The zero-order valence-electron chi connectivity index (χ0n) is 16.6. The number of nitrogens with zero attached hydrogens (tertiary/aromatic N) is 1. The van der Waals surface area contributed by atoms with Gasteiger partial charge in [0.05, 0.1) is 22.8 Å². The molecular formula is C24H20N2O3S2. The summed E-state index contributed by atoms with van der Waals surface area (Å²) in [6, 6.07) is 27.1. The van der Waals surface area contributed by atoms with Gasteiger partial charge in [0.2, 0.25) is 0 Å². The van der Waals surface area contributed by atoms with E-state index in [1.165, 1.54) is 21.2 Å². The third kappa shape index (κ3) is 5.13. The molecule has 31 heavy (non-hydrogen) atoms. The Hall–Kier alpha value is -3.16. The van der Waals surface area contributed by atoms with Gasteiger partial charge in [-0.1, -0.05) is 60.8 Å². The smallest absolute Gasteiger partial charge is 0.290 e. The number of imide groups is 1. The number of fused-ring (bicyclic) bond motifs is 2. The Kier molecular flexibility index (Phi) is 6.64. The second-order valence-corrected chi connectivity index (χ2v) is 8.77. The van der Waals surface area contributed by atoms with Gasteiger partial charge in [-0.15, -0.1) is 0 Å². The summed E-state index contributed by atoms with van der Waals surface area (Å²) in [5, 5.41) is 1.72. The number of hydrogen-bond donors (Lipinski definition) is 1. The molecular weight excluding hydrogens is 428 g/mol. The number of thioether (sulfide) groups is 1. The molecule has 0 atom stereocenters. The Labute approximate surface area is 189 Å². The van der Waals surface area contributed by atoms with Crippen molar-refractivity contribution in [2.45, 2.75) is 9.79 Å². The lowest BCUT2D eigenvalue weighted by Gasteiger charge is -2.32. The van der Waals surface area contributed by atoms with Crippen LogP contribution in [-0.4, -0.2) is 24.3 Å². The normalized spacial score (nSPS) is 14.2. The Morgan fingerprint density at radius 3 is 1.90 bits per heavy atom. The second-order valence-electron chi connectivity index (χ2n) is 6.62. The first kappa shape index (κ1) is 21.1. The summed E-state index contributed by atoms with van der Waals surface area (Å²) in [7, 11) is 0. The number of para-hydroxylation sites is 3. The Morgan fingerprint density at radius 1 is 0.806 bits per heavy atom. The van der Waals surface area contributed by atoms with Crippen LogP contribution >= 0.6 is 23.5 Å². The highest BCUT2D eigenvalue weighted by atomic mass is 32.2. The predicted molar refractivity (Wildman–Crippen MR) is 126 cm³/mol. The van der Waals surface area contributed by atoms with Gasteiger partial charge in [0.25, 0.3) is 11.1 Å². The van der Waals surface area contributed by atoms with Crippen molar-refractivity contribution in [3.05, 3.63) is 90.3 Å². The van der Waals surface area contributed by atoms with Crippen molar-refractivity contribution in [3.8, 4) is 5.75 Å². The lowest BCUT2D eigenvalue weighted by Crippen LogP contribution is -2.26. The third-order valence-corrected chi connectivity index (χ3v) is 6.39. The van der Waals surface area contributed by atoms with E-state index in [-0.39, 0.29) is 16.1 Å². The van der Waals surface area contributed by atoms with Crippen molar-refractivity contribution >= 4 is 46.0 Å². The summed E-state index contributed by atoms with van der Waals surface area (Å²) in [5.74, 6) is 0.542. The van der Waals surface area contributed by atoms with Gasteiger partial charge < -0.3 is 9.64 Å². The highest BCUT2D eigenvalue weighted by Gasteiger charge is 2.23. The van der Waals surface area contributed by atoms with E-state index >= 15 is 0 Å². The van der Waals surface area contributed by atoms with Crippen molar-refractivity contribution in [3.63, 3.8) is 0 Å². The first-order valence-electron chi connectivity index (χ1n) is 9.65. The molecule has 5 nitrogen and oxygen atoms in total. The molecule has 1 fully saturated rings. The van der Waals surface area contributed by atoms with Crippen molar-refractivity contribution in [2.75, 3.05) is 18.1 Å². The molecule has 3 aromatic rings. The fraction of sp³-hybridized carbons (Fsp3) is 0.0833. The van der Waals surface area contributed by atoms with E-state index in [1.807, 2.05) is 42.1 Å². The second kappa shape index (κ2) is 9.76. The van der Waals surface area contributed by atoms with Crippen LogP contribution in [0.25, 0.3) is 0 Å². The van der Waals surface area contributed by atoms with E-state index in [4.69, 9.17) is 4.74 Å². The predicted octanol–water partition coefficient (Wildman–Crippen LogP) is 5.85. The number of carbonyl (C=O) groups is 2. The minimum Gasteiger partial charge on any atom is -0.492 e. The van der Waals surface area contributed by atoms with Crippen LogP contribution in [0.4, 0.5) is 16.2 Å². The molecule has 2 amide bonds. The maximum absolute atomic E-state index is 10.3. The molecule has 2 aliphatic rings. The van der Waals surface area contributed by atoms with Crippen LogP contribution in [-0.2, 0) is 4.79 Å². The molecule has 5 rings (SSSR count). The van der Waals surface area contributed by atoms with E-state index in [2.05, 4.69) is 65.3 Å². The third-order valence-electron chi connectivity index (χ3n) is 4.54. The molecule has 2 aliphatic heterocycles. The number of hydrogen-bond acceptors (Lipinski definition) is 6. The van der Waals surface area contributed by atoms with Crippen molar-refractivity contribution < 1.29 is 14.3 Å².